The molecule has 2 aromatic rings. The molecule has 0 unspecified atom stereocenters. The molecule has 2 N–H and O–H groups in total. The van der Waals surface area contributed by atoms with Crippen LogP contribution in [0.4, 0.5) is 14.6 Å². The summed E-state index contributed by atoms with van der Waals surface area (Å²) in [6.45, 7) is 3.75. The maximum atomic E-state index is 13.7. The van der Waals surface area contributed by atoms with Gasteiger partial charge in [0.05, 0.1) is 0 Å². The quantitative estimate of drug-likeness (QED) is 0.826. The zero-order valence-electron chi connectivity index (χ0n) is 14.6. The molecule has 0 aliphatic rings. The first kappa shape index (κ1) is 19.3. The number of anilines is 1. The first-order valence-electron chi connectivity index (χ1n) is 7.82. The van der Waals surface area contributed by atoms with Crippen molar-refractivity contribution in [2.45, 2.75) is 33.2 Å². The number of carbonyl (C=O) groups is 2. The van der Waals surface area contributed by atoms with Crippen LogP contribution in [0, 0.1) is 5.82 Å². The Bertz CT molecular complexity index is 820. The average molecular weight is 363 g/mol. The van der Waals surface area contributed by atoms with Crippen molar-refractivity contribution in [2.24, 2.45) is 0 Å². The van der Waals surface area contributed by atoms with Crippen LogP contribution in [0.15, 0.2) is 36.5 Å². The number of hydrogen-bond acceptors (Lipinski definition) is 4. The molecular weight excluding hydrogens is 344 g/mol. The highest BCUT2D eigenvalue weighted by molar-refractivity contribution is 5.96. The van der Waals surface area contributed by atoms with E-state index in [1.807, 2.05) is 0 Å². The Labute approximate surface area is 149 Å². The Kier molecular flexibility index (Phi) is 5.86. The van der Waals surface area contributed by atoms with Gasteiger partial charge in [0.25, 0.3) is 5.91 Å². The van der Waals surface area contributed by atoms with Crippen molar-refractivity contribution >= 4 is 17.6 Å². The van der Waals surface area contributed by atoms with Crippen LogP contribution in [0.25, 0.3) is 0 Å². The molecule has 0 aliphatic heterocycles. The van der Waals surface area contributed by atoms with Gasteiger partial charge in [-0.2, -0.15) is 4.39 Å². The Morgan fingerprint density at radius 3 is 2.62 bits per heavy atom. The lowest BCUT2D eigenvalue weighted by Gasteiger charge is -2.18. The fourth-order valence-corrected chi connectivity index (χ4v) is 2.10. The van der Waals surface area contributed by atoms with Crippen LogP contribution in [-0.4, -0.2) is 22.7 Å². The van der Waals surface area contributed by atoms with Crippen LogP contribution < -0.4 is 15.4 Å². The zero-order chi connectivity index (χ0) is 19.3. The summed E-state index contributed by atoms with van der Waals surface area (Å²) in [4.78, 5) is 27.2. The molecule has 0 fully saturated rings. The lowest BCUT2D eigenvalue weighted by molar-refractivity contribution is -0.114. The third kappa shape index (κ3) is 5.80. The number of benzene rings is 1. The molecular formula is C18H19F2N3O3. The van der Waals surface area contributed by atoms with Crippen molar-refractivity contribution in [1.82, 2.24) is 10.3 Å². The van der Waals surface area contributed by atoms with Crippen LogP contribution in [0.1, 0.15) is 36.7 Å². The van der Waals surface area contributed by atoms with Crippen molar-refractivity contribution in [1.29, 1.82) is 0 Å². The van der Waals surface area contributed by atoms with E-state index in [2.05, 4.69) is 15.6 Å². The normalized spacial score (nSPS) is 11.0. The number of aromatic nitrogens is 1. The molecule has 0 radical (unpaired) electrons. The van der Waals surface area contributed by atoms with Crippen LogP contribution in [0.5, 0.6) is 5.75 Å². The first-order valence-corrected chi connectivity index (χ1v) is 7.82. The average Bonchev–Trinajstić information content (AvgIpc) is 2.53. The third-order valence-electron chi connectivity index (χ3n) is 3.13. The number of halogens is 2. The fourth-order valence-electron chi connectivity index (χ4n) is 2.10. The molecule has 0 saturated carbocycles. The van der Waals surface area contributed by atoms with Crippen LogP contribution in [0.3, 0.4) is 0 Å². The minimum absolute atomic E-state index is 0.0833. The number of alkyl halides is 1. The first-order chi connectivity index (χ1) is 12.1. The number of amides is 2. The highest BCUT2D eigenvalue weighted by Crippen LogP contribution is 2.24. The Morgan fingerprint density at radius 2 is 1.96 bits per heavy atom. The van der Waals surface area contributed by atoms with Gasteiger partial charge in [-0.1, -0.05) is 6.07 Å². The van der Waals surface area contributed by atoms with Gasteiger partial charge in [0.2, 0.25) is 11.8 Å². The molecule has 1 aromatic carbocycles. The van der Waals surface area contributed by atoms with Crippen molar-refractivity contribution in [3.8, 4) is 5.75 Å². The van der Waals surface area contributed by atoms with E-state index in [1.54, 1.807) is 0 Å². The Morgan fingerprint density at radius 1 is 1.23 bits per heavy atom. The summed E-state index contributed by atoms with van der Waals surface area (Å²) >= 11 is 0. The van der Waals surface area contributed by atoms with E-state index in [1.165, 1.54) is 37.4 Å². The number of pyridine rings is 1. The maximum absolute atomic E-state index is 13.7. The fraction of sp³-hybridized carbons (Fsp3) is 0.278. The van der Waals surface area contributed by atoms with E-state index in [0.717, 1.165) is 19.9 Å². The number of rotatable bonds is 6. The highest BCUT2D eigenvalue weighted by Gasteiger charge is 2.19. The molecule has 1 heterocycles. The SMILES string of the molecule is CC(=O)Nc1cc(C(=O)NCc2ccc(F)c(OC(C)(C)F)c2)ccn1. The standard InChI is InChI=1S/C18H19F2N3O3/c1-11(24)23-16-9-13(6-7-21-16)17(25)22-10-12-4-5-14(19)15(8-12)26-18(2,3)20/h4-9H,10H2,1-3H3,(H,22,25)(H,21,23,24). The van der Waals surface area contributed by atoms with E-state index < -0.39 is 17.6 Å². The van der Waals surface area contributed by atoms with Gasteiger partial charge in [-0.05, 0) is 29.8 Å². The number of nitrogens with zero attached hydrogens (tertiary/aromatic N) is 1. The summed E-state index contributed by atoms with van der Waals surface area (Å²) in [5, 5.41) is 5.14. The minimum Gasteiger partial charge on any atom is -0.455 e. The summed E-state index contributed by atoms with van der Waals surface area (Å²) < 4.78 is 32.2. The second kappa shape index (κ2) is 7.90. The molecule has 0 saturated heterocycles. The van der Waals surface area contributed by atoms with Crippen LogP contribution in [0.2, 0.25) is 0 Å². The summed E-state index contributed by atoms with van der Waals surface area (Å²) in [6, 6.07) is 6.85. The molecule has 0 spiro atoms. The third-order valence-corrected chi connectivity index (χ3v) is 3.13. The van der Waals surface area contributed by atoms with E-state index in [9.17, 15) is 18.4 Å². The van der Waals surface area contributed by atoms with E-state index >= 15 is 0 Å². The number of ether oxygens (including phenoxy) is 1. The number of carbonyl (C=O) groups excluding carboxylic acids is 2. The molecule has 2 amide bonds. The van der Waals surface area contributed by atoms with Gasteiger partial charge in [0.1, 0.15) is 5.82 Å². The lowest BCUT2D eigenvalue weighted by atomic mass is 10.2. The molecule has 1 aromatic heterocycles. The summed E-state index contributed by atoms with van der Waals surface area (Å²) in [7, 11) is 0. The van der Waals surface area contributed by atoms with Gasteiger partial charge in [-0.15, -0.1) is 0 Å². The lowest BCUT2D eigenvalue weighted by Crippen LogP contribution is -2.24. The summed E-state index contributed by atoms with van der Waals surface area (Å²) in [5.74, 6) is -3.41. The van der Waals surface area contributed by atoms with Gasteiger partial charge in [0, 0.05) is 39.1 Å². The molecule has 26 heavy (non-hydrogen) atoms. The van der Waals surface area contributed by atoms with Crippen molar-refractivity contribution in [3.63, 3.8) is 0 Å². The second-order valence-corrected chi connectivity index (χ2v) is 6.02. The van der Waals surface area contributed by atoms with E-state index in [-0.39, 0.29) is 24.0 Å². The molecule has 138 valence electrons. The van der Waals surface area contributed by atoms with Crippen LogP contribution >= 0.6 is 0 Å². The van der Waals surface area contributed by atoms with E-state index in [4.69, 9.17) is 4.74 Å². The van der Waals surface area contributed by atoms with Crippen LogP contribution in [-0.2, 0) is 11.3 Å². The Hall–Kier alpha value is -3.03. The smallest absolute Gasteiger partial charge is 0.251 e. The van der Waals surface area contributed by atoms with Gasteiger partial charge in [-0.25, -0.2) is 9.37 Å². The maximum Gasteiger partial charge on any atom is 0.251 e. The highest BCUT2D eigenvalue weighted by atomic mass is 19.2. The molecule has 0 aliphatic carbocycles. The predicted octanol–water partition coefficient (Wildman–Crippen LogP) is 3.19. The Balaban J connectivity index is 2.05. The molecule has 6 nitrogen and oxygen atoms in total. The summed E-state index contributed by atoms with van der Waals surface area (Å²) in [5.41, 5.74) is 0.836. The van der Waals surface area contributed by atoms with Crippen molar-refractivity contribution in [2.75, 3.05) is 5.32 Å². The molecule has 0 atom stereocenters. The molecule has 0 bridgehead atoms. The minimum atomic E-state index is -2.03. The number of nitrogens with one attached hydrogen (secondary N) is 2. The molecule has 2 rings (SSSR count). The van der Waals surface area contributed by atoms with Gasteiger partial charge in [-0.3, -0.25) is 9.59 Å². The molecule has 8 heteroatoms. The van der Waals surface area contributed by atoms with Gasteiger partial charge < -0.3 is 15.4 Å². The topological polar surface area (TPSA) is 80.3 Å². The zero-order valence-corrected chi connectivity index (χ0v) is 14.6. The van der Waals surface area contributed by atoms with Gasteiger partial charge in [0.15, 0.2) is 11.6 Å². The van der Waals surface area contributed by atoms with Crippen molar-refractivity contribution in [3.05, 3.63) is 53.5 Å². The van der Waals surface area contributed by atoms with Gasteiger partial charge >= 0.3 is 0 Å². The predicted molar refractivity (Wildman–Crippen MR) is 91.9 cm³/mol. The largest absolute Gasteiger partial charge is 0.455 e. The summed E-state index contributed by atoms with van der Waals surface area (Å²) in [6.07, 6.45) is 1.40. The monoisotopic (exact) mass is 363 g/mol. The van der Waals surface area contributed by atoms with E-state index in [0.29, 0.717) is 11.1 Å². The van der Waals surface area contributed by atoms with Crippen molar-refractivity contribution < 1.29 is 23.1 Å². The number of hydrogen-bond donors (Lipinski definition) is 2. The second-order valence-electron chi connectivity index (χ2n) is 6.02.